The summed E-state index contributed by atoms with van der Waals surface area (Å²) in [6, 6.07) is 0. The van der Waals surface area contributed by atoms with Crippen LogP contribution in [0.4, 0.5) is 0 Å². The molecule has 0 spiro atoms. The van der Waals surface area contributed by atoms with Gasteiger partial charge in [0, 0.05) is 25.0 Å². The van der Waals surface area contributed by atoms with Gasteiger partial charge in [-0.05, 0) is 6.92 Å². The second-order valence-electron chi connectivity index (χ2n) is 2.83. The fourth-order valence-corrected chi connectivity index (χ4v) is 1.20. The zero-order valence-electron chi connectivity index (χ0n) is 7.15. The van der Waals surface area contributed by atoms with Gasteiger partial charge in [0.1, 0.15) is 7.05 Å². The third-order valence-corrected chi connectivity index (χ3v) is 2.44. The van der Waals surface area contributed by atoms with E-state index in [0.717, 1.165) is 0 Å². The van der Waals surface area contributed by atoms with Gasteiger partial charge < -0.3 is 0 Å². The van der Waals surface area contributed by atoms with Crippen LogP contribution in [0.3, 0.4) is 0 Å². The summed E-state index contributed by atoms with van der Waals surface area (Å²) in [7, 11) is 2.08. The van der Waals surface area contributed by atoms with E-state index in [4.69, 9.17) is 0 Å². The van der Waals surface area contributed by atoms with Crippen LogP contribution in [0, 0.1) is 0 Å². The minimum Gasteiger partial charge on any atom is -0.202 e. The largest absolute Gasteiger partial charge is 0.202 e. The van der Waals surface area contributed by atoms with E-state index in [-0.39, 0.29) is 0 Å². The molecule has 1 heteroatoms. The molecule has 1 heterocycles. The van der Waals surface area contributed by atoms with E-state index < -0.39 is 0 Å². The molecule has 1 aliphatic heterocycles. The van der Waals surface area contributed by atoms with Gasteiger partial charge in [-0.15, -0.1) is 0 Å². The topological polar surface area (TPSA) is 3.01 Å². The molecule has 0 aromatic heterocycles. The lowest BCUT2D eigenvalue weighted by molar-refractivity contribution is -0.440. The van der Waals surface area contributed by atoms with Crippen LogP contribution in [0.2, 0.25) is 0 Å². The molecule has 54 valence electrons. The molecular formula is C9H14N+. The molecule has 0 fully saturated rings. The number of nitrogens with zero attached hydrogens (tertiary/aromatic N) is 1. The quantitative estimate of drug-likeness (QED) is 0.448. The predicted molar refractivity (Wildman–Crippen MR) is 44.4 cm³/mol. The summed E-state index contributed by atoms with van der Waals surface area (Å²) in [6.45, 7) is 10.3. The third kappa shape index (κ3) is 0.737. The molecule has 0 radical (unpaired) electrons. The Labute approximate surface area is 62.4 Å². The van der Waals surface area contributed by atoms with E-state index in [1.165, 1.54) is 22.6 Å². The van der Waals surface area contributed by atoms with Crippen molar-refractivity contribution in [2.75, 3.05) is 7.05 Å². The minimum atomic E-state index is 1.18. The highest BCUT2D eigenvalue weighted by Crippen LogP contribution is 2.20. The summed E-state index contributed by atoms with van der Waals surface area (Å²) in [5.41, 5.74) is 5.09. The number of hydrogen-bond acceptors (Lipinski definition) is 0. The summed E-state index contributed by atoms with van der Waals surface area (Å²) < 4.78 is 2.18. The van der Waals surface area contributed by atoms with Crippen molar-refractivity contribution in [1.29, 1.82) is 0 Å². The number of allylic oxidation sites excluding steroid dienone is 3. The first-order valence-electron chi connectivity index (χ1n) is 3.50. The smallest absolute Gasteiger partial charge is 0.185 e. The lowest BCUT2D eigenvalue weighted by Crippen LogP contribution is -2.06. The molecule has 0 aliphatic carbocycles. The fourth-order valence-electron chi connectivity index (χ4n) is 1.20. The molecule has 0 saturated carbocycles. The second-order valence-corrected chi connectivity index (χ2v) is 2.83. The molecule has 0 N–H and O–H groups in total. The van der Waals surface area contributed by atoms with Gasteiger partial charge >= 0.3 is 0 Å². The van der Waals surface area contributed by atoms with Gasteiger partial charge in [-0.3, -0.25) is 0 Å². The first kappa shape index (κ1) is 7.26. The van der Waals surface area contributed by atoms with Crippen LogP contribution < -0.4 is 0 Å². The Morgan fingerprint density at radius 3 is 1.80 bits per heavy atom. The van der Waals surface area contributed by atoms with Crippen LogP contribution in [-0.2, 0) is 0 Å². The molecule has 0 saturated heterocycles. The maximum Gasteiger partial charge on any atom is 0.185 e. The predicted octanol–water partition coefficient (Wildman–Crippen LogP) is 1.95. The minimum absolute atomic E-state index is 1.18. The van der Waals surface area contributed by atoms with Crippen molar-refractivity contribution >= 4 is 5.71 Å². The van der Waals surface area contributed by atoms with E-state index in [1.54, 1.807) is 0 Å². The Kier molecular flexibility index (Phi) is 1.51. The Bertz CT molecular complexity index is 228. The summed E-state index contributed by atoms with van der Waals surface area (Å²) >= 11 is 0. The first-order valence-corrected chi connectivity index (χ1v) is 3.50. The van der Waals surface area contributed by atoms with Gasteiger partial charge in [-0.25, -0.2) is 4.58 Å². The van der Waals surface area contributed by atoms with Gasteiger partial charge in [0.25, 0.3) is 0 Å². The molecular weight excluding hydrogens is 122 g/mol. The van der Waals surface area contributed by atoms with Crippen molar-refractivity contribution < 1.29 is 4.58 Å². The first-order chi connectivity index (χ1) is 4.55. The lowest BCUT2D eigenvalue weighted by Gasteiger charge is -1.88. The summed E-state index contributed by atoms with van der Waals surface area (Å²) in [6.07, 6.45) is 0. The zero-order chi connectivity index (χ0) is 7.89. The van der Waals surface area contributed by atoms with Crippen molar-refractivity contribution in [2.45, 2.75) is 20.8 Å². The molecule has 10 heavy (non-hydrogen) atoms. The van der Waals surface area contributed by atoms with Gasteiger partial charge in [0.15, 0.2) is 11.4 Å². The van der Waals surface area contributed by atoms with Crippen LogP contribution in [0.1, 0.15) is 20.8 Å². The molecule has 1 aliphatic rings. The average molecular weight is 136 g/mol. The highest BCUT2D eigenvalue weighted by Gasteiger charge is 2.23. The standard InChI is InChI=1S/C9H14N/c1-6-7(2)9(4)10(5)8(6)3/h1H2,2-5H3/q+1. The monoisotopic (exact) mass is 136 g/mol. The maximum atomic E-state index is 3.98. The number of rotatable bonds is 0. The Balaban J connectivity index is 3.22. The molecule has 1 rings (SSSR count). The summed E-state index contributed by atoms with van der Waals surface area (Å²) in [4.78, 5) is 0. The van der Waals surface area contributed by atoms with Crippen molar-refractivity contribution in [3.63, 3.8) is 0 Å². The molecule has 0 bridgehead atoms. The third-order valence-electron chi connectivity index (χ3n) is 2.44. The Morgan fingerprint density at radius 2 is 1.70 bits per heavy atom. The average Bonchev–Trinajstić information content (AvgIpc) is 2.07. The van der Waals surface area contributed by atoms with Gasteiger partial charge in [0.2, 0.25) is 0 Å². The number of hydrogen-bond donors (Lipinski definition) is 0. The Hall–Kier alpha value is -0.850. The zero-order valence-corrected chi connectivity index (χ0v) is 7.15. The fraction of sp³-hybridized carbons (Fsp3) is 0.444. The van der Waals surface area contributed by atoms with E-state index in [0.29, 0.717) is 0 Å². The van der Waals surface area contributed by atoms with Crippen LogP contribution in [0.25, 0.3) is 0 Å². The van der Waals surface area contributed by atoms with Crippen molar-refractivity contribution in [1.82, 2.24) is 0 Å². The maximum absolute atomic E-state index is 3.98. The van der Waals surface area contributed by atoms with E-state index in [2.05, 4.69) is 39.0 Å². The van der Waals surface area contributed by atoms with Gasteiger partial charge in [0.05, 0.1) is 0 Å². The van der Waals surface area contributed by atoms with Gasteiger partial charge in [-0.2, -0.15) is 0 Å². The van der Waals surface area contributed by atoms with Crippen LogP contribution >= 0.6 is 0 Å². The normalized spacial score (nSPS) is 19.4. The lowest BCUT2D eigenvalue weighted by atomic mass is 10.1. The SMILES string of the molecule is C=C1C(C)=C(C)[N+](C)=C1C. The Morgan fingerprint density at radius 1 is 1.20 bits per heavy atom. The van der Waals surface area contributed by atoms with Crippen LogP contribution in [-0.4, -0.2) is 17.3 Å². The van der Waals surface area contributed by atoms with Crippen LogP contribution in [0.15, 0.2) is 23.4 Å². The molecule has 0 atom stereocenters. The van der Waals surface area contributed by atoms with E-state index in [1.807, 2.05) is 0 Å². The summed E-state index contributed by atoms with van der Waals surface area (Å²) in [5, 5.41) is 0. The summed E-state index contributed by atoms with van der Waals surface area (Å²) in [5.74, 6) is 0. The van der Waals surface area contributed by atoms with E-state index >= 15 is 0 Å². The highest BCUT2D eigenvalue weighted by molar-refractivity contribution is 5.99. The van der Waals surface area contributed by atoms with Gasteiger partial charge in [-0.1, -0.05) is 6.58 Å². The van der Waals surface area contributed by atoms with Crippen molar-refractivity contribution in [2.24, 2.45) is 0 Å². The van der Waals surface area contributed by atoms with E-state index in [9.17, 15) is 0 Å². The van der Waals surface area contributed by atoms with Crippen molar-refractivity contribution in [3.05, 3.63) is 23.4 Å². The molecule has 0 amide bonds. The second kappa shape index (κ2) is 2.08. The molecule has 0 unspecified atom stereocenters. The molecule has 0 aromatic rings. The molecule has 1 nitrogen and oxygen atoms in total. The van der Waals surface area contributed by atoms with Crippen LogP contribution in [0.5, 0.6) is 0 Å². The highest BCUT2D eigenvalue weighted by atomic mass is 15.0. The molecule has 0 aromatic carbocycles. The van der Waals surface area contributed by atoms with Crippen molar-refractivity contribution in [3.8, 4) is 0 Å².